The molecular weight excluding hydrogens is 345 g/mol. The Morgan fingerprint density at radius 2 is 1.88 bits per heavy atom. The zero-order valence-corrected chi connectivity index (χ0v) is 13.1. The number of aryl methyl sites for hydroxylation is 1. The molecule has 0 saturated carbocycles. The van der Waals surface area contributed by atoms with E-state index in [4.69, 9.17) is 11.6 Å². The average Bonchev–Trinajstić information content (AvgIpc) is 2.72. The lowest BCUT2D eigenvalue weighted by atomic mass is 10.1. The zero-order valence-electron chi connectivity index (χ0n) is 12.3. The van der Waals surface area contributed by atoms with Gasteiger partial charge in [0.15, 0.2) is 0 Å². The number of nitrogens with zero attached hydrogens (tertiary/aromatic N) is 2. The van der Waals surface area contributed by atoms with Crippen molar-refractivity contribution >= 4 is 23.4 Å². The highest BCUT2D eigenvalue weighted by Crippen LogP contribution is 2.32. The fraction of sp³-hybridized carbons (Fsp3) is 0.188. The van der Waals surface area contributed by atoms with Crippen molar-refractivity contribution in [3.05, 3.63) is 63.4 Å². The maximum atomic E-state index is 12.8. The molecule has 0 radical (unpaired) electrons. The summed E-state index contributed by atoms with van der Waals surface area (Å²) in [5, 5.41) is -0.0881. The number of halogens is 4. The van der Waals surface area contributed by atoms with E-state index in [1.165, 1.54) is 18.2 Å². The number of rotatable bonds is 2. The summed E-state index contributed by atoms with van der Waals surface area (Å²) in [6.45, 7) is 1.35. The summed E-state index contributed by atoms with van der Waals surface area (Å²) in [5.74, 6) is -1.26. The molecule has 2 aromatic rings. The summed E-state index contributed by atoms with van der Waals surface area (Å²) in [6, 6.07) is 5.93. The van der Waals surface area contributed by atoms with Crippen molar-refractivity contribution in [2.24, 2.45) is 0 Å². The maximum absolute atomic E-state index is 12.8. The number of hydrogen-bond acceptors (Lipinski definition) is 3. The molecule has 0 saturated heterocycles. The molecule has 3 rings (SSSR count). The van der Waals surface area contributed by atoms with Crippen LogP contribution in [0.25, 0.3) is 0 Å². The first-order chi connectivity index (χ1) is 11.2. The molecule has 0 spiro atoms. The van der Waals surface area contributed by atoms with Gasteiger partial charge in [0, 0.05) is 5.69 Å². The molecular formula is C16H10ClF3N2O2. The van der Waals surface area contributed by atoms with Crippen LogP contribution in [0.1, 0.15) is 37.5 Å². The number of hydrogen-bond donors (Lipinski definition) is 0. The Kier molecular flexibility index (Phi) is 3.83. The van der Waals surface area contributed by atoms with Gasteiger partial charge in [0.2, 0.25) is 0 Å². The number of carbonyl (C=O) groups excluding carboxylic acids is 2. The Morgan fingerprint density at radius 3 is 2.54 bits per heavy atom. The van der Waals surface area contributed by atoms with Gasteiger partial charge < -0.3 is 0 Å². The Morgan fingerprint density at radius 1 is 1.17 bits per heavy atom. The normalized spacial score (nSPS) is 14.3. The molecule has 0 bridgehead atoms. The van der Waals surface area contributed by atoms with Gasteiger partial charge in [-0.3, -0.25) is 14.5 Å². The molecule has 0 N–H and O–H groups in total. The van der Waals surface area contributed by atoms with Gasteiger partial charge in [0.05, 0.1) is 23.2 Å². The second kappa shape index (κ2) is 5.59. The van der Waals surface area contributed by atoms with E-state index in [0.29, 0.717) is 5.69 Å². The standard InChI is InChI=1S/C16H10ClF3N2O2/c1-8-5-11-12(13(17)21-8)15(24)22(14(11)23)7-9-3-2-4-10(6-9)16(18,19)20/h2-6H,7H2,1H3. The van der Waals surface area contributed by atoms with Crippen LogP contribution in [0, 0.1) is 6.92 Å². The van der Waals surface area contributed by atoms with E-state index < -0.39 is 23.6 Å². The summed E-state index contributed by atoms with van der Waals surface area (Å²) in [7, 11) is 0. The fourth-order valence-electron chi connectivity index (χ4n) is 2.55. The van der Waals surface area contributed by atoms with Crippen molar-refractivity contribution in [3.8, 4) is 0 Å². The number of alkyl halides is 3. The quantitative estimate of drug-likeness (QED) is 0.608. The van der Waals surface area contributed by atoms with Gasteiger partial charge in [-0.2, -0.15) is 13.2 Å². The first-order valence-corrected chi connectivity index (χ1v) is 7.26. The number of carbonyl (C=O) groups is 2. The van der Waals surface area contributed by atoms with Crippen molar-refractivity contribution in [1.82, 2.24) is 9.88 Å². The van der Waals surface area contributed by atoms with Gasteiger partial charge in [-0.15, -0.1) is 0 Å². The first-order valence-electron chi connectivity index (χ1n) is 6.88. The molecule has 4 nitrogen and oxygen atoms in total. The maximum Gasteiger partial charge on any atom is 0.416 e. The summed E-state index contributed by atoms with van der Waals surface area (Å²) < 4.78 is 38.3. The van der Waals surface area contributed by atoms with E-state index in [0.717, 1.165) is 17.0 Å². The highest BCUT2D eigenvalue weighted by Gasteiger charge is 2.38. The monoisotopic (exact) mass is 354 g/mol. The largest absolute Gasteiger partial charge is 0.416 e. The number of amides is 2. The fourth-order valence-corrected chi connectivity index (χ4v) is 2.87. The number of fused-ring (bicyclic) bond motifs is 1. The second-order valence-electron chi connectivity index (χ2n) is 5.37. The number of imide groups is 1. The topological polar surface area (TPSA) is 50.3 Å². The van der Waals surface area contributed by atoms with Crippen LogP contribution in [0.4, 0.5) is 13.2 Å². The van der Waals surface area contributed by atoms with Gasteiger partial charge in [0.25, 0.3) is 11.8 Å². The van der Waals surface area contributed by atoms with Gasteiger partial charge in [-0.25, -0.2) is 4.98 Å². The molecule has 2 amide bonds. The Bertz CT molecular complexity index is 865. The second-order valence-corrected chi connectivity index (χ2v) is 5.73. The Hall–Kier alpha value is -2.41. The molecule has 1 aromatic heterocycles. The van der Waals surface area contributed by atoms with Crippen LogP contribution in [0.2, 0.25) is 5.15 Å². The molecule has 1 aromatic carbocycles. The van der Waals surface area contributed by atoms with E-state index in [1.807, 2.05) is 0 Å². The van der Waals surface area contributed by atoms with Crippen molar-refractivity contribution in [2.75, 3.05) is 0 Å². The SMILES string of the molecule is Cc1cc2c(c(Cl)n1)C(=O)N(Cc1cccc(C(F)(F)F)c1)C2=O. The predicted molar refractivity (Wildman–Crippen MR) is 79.6 cm³/mol. The summed E-state index contributed by atoms with van der Waals surface area (Å²) in [6.07, 6.45) is -4.50. The van der Waals surface area contributed by atoms with Gasteiger partial charge >= 0.3 is 6.18 Å². The van der Waals surface area contributed by atoms with E-state index in [1.54, 1.807) is 6.92 Å². The van der Waals surface area contributed by atoms with Crippen LogP contribution >= 0.6 is 11.6 Å². The molecule has 1 aliphatic rings. The lowest BCUT2D eigenvalue weighted by molar-refractivity contribution is -0.137. The molecule has 8 heteroatoms. The smallest absolute Gasteiger partial charge is 0.270 e. The highest BCUT2D eigenvalue weighted by atomic mass is 35.5. The molecule has 1 aliphatic heterocycles. The molecule has 0 unspecified atom stereocenters. The average molecular weight is 355 g/mol. The van der Waals surface area contributed by atoms with Crippen LogP contribution in [0.3, 0.4) is 0 Å². The lowest BCUT2D eigenvalue weighted by Gasteiger charge is -2.15. The van der Waals surface area contributed by atoms with E-state index in [-0.39, 0.29) is 28.4 Å². The van der Waals surface area contributed by atoms with Crippen molar-refractivity contribution in [3.63, 3.8) is 0 Å². The van der Waals surface area contributed by atoms with E-state index in [9.17, 15) is 22.8 Å². The third kappa shape index (κ3) is 2.75. The Labute approximate surface area is 139 Å². The third-order valence-electron chi connectivity index (χ3n) is 3.63. The van der Waals surface area contributed by atoms with Crippen LogP contribution in [0.15, 0.2) is 30.3 Å². The first kappa shape index (κ1) is 16.4. The predicted octanol–water partition coefficient (Wildman–Crippen LogP) is 3.86. The molecule has 2 heterocycles. The molecule has 0 atom stereocenters. The van der Waals surface area contributed by atoms with Gasteiger partial charge in [-0.1, -0.05) is 23.7 Å². The Balaban J connectivity index is 1.94. The zero-order chi connectivity index (χ0) is 17.6. The van der Waals surface area contributed by atoms with Crippen molar-refractivity contribution in [2.45, 2.75) is 19.6 Å². The third-order valence-corrected chi connectivity index (χ3v) is 3.91. The summed E-state index contributed by atoms with van der Waals surface area (Å²) in [4.78, 5) is 29.6. The van der Waals surface area contributed by atoms with Crippen LogP contribution < -0.4 is 0 Å². The minimum atomic E-state index is -4.50. The molecule has 0 aliphatic carbocycles. The van der Waals surface area contributed by atoms with Crippen LogP contribution in [-0.2, 0) is 12.7 Å². The molecule has 124 valence electrons. The minimum Gasteiger partial charge on any atom is -0.270 e. The number of aromatic nitrogens is 1. The minimum absolute atomic E-state index is 0.0146. The van der Waals surface area contributed by atoms with Crippen LogP contribution in [-0.4, -0.2) is 21.7 Å². The number of benzene rings is 1. The molecule has 24 heavy (non-hydrogen) atoms. The lowest BCUT2D eigenvalue weighted by Crippen LogP contribution is -2.29. The number of pyridine rings is 1. The van der Waals surface area contributed by atoms with Crippen LogP contribution in [0.5, 0.6) is 0 Å². The summed E-state index contributed by atoms with van der Waals surface area (Å²) in [5.41, 5.74) is -0.0724. The van der Waals surface area contributed by atoms with E-state index >= 15 is 0 Å². The summed E-state index contributed by atoms with van der Waals surface area (Å²) >= 11 is 5.93. The van der Waals surface area contributed by atoms with Gasteiger partial charge in [0.1, 0.15) is 5.15 Å². The highest BCUT2D eigenvalue weighted by molar-refractivity contribution is 6.36. The van der Waals surface area contributed by atoms with Crippen molar-refractivity contribution < 1.29 is 22.8 Å². The van der Waals surface area contributed by atoms with Crippen molar-refractivity contribution in [1.29, 1.82) is 0 Å². The van der Waals surface area contributed by atoms with Gasteiger partial charge in [-0.05, 0) is 30.7 Å². The molecule has 0 fully saturated rings. The van der Waals surface area contributed by atoms with E-state index in [2.05, 4.69) is 4.98 Å².